The van der Waals surface area contributed by atoms with Gasteiger partial charge in [-0.15, -0.1) is 11.3 Å². The summed E-state index contributed by atoms with van der Waals surface area (Å²) in [6.07, 6.45) is 3.14. The molecule has 0 aliphatic carbocycles. The second-order valence-electron chi connectivity index (χ2n) is 4.22. The molecule has 0 radical (unpaired) electrons. The normalized spacial score (nSPS) is 10.7. The first kappa shape index (κ1) is 13.5. The molecule has 3 aromatic rings. The van der Waals surface area contributed by atoms with E-state index in [1.807, 2.05) is 17.5 Å². The number of hydrogen-bond donors (Lipinski definition) is 2. The van der Waals surface area contributed by atoms with Crippen molar-refractivity contribution in [2.75, 3.05) is 11.9 Å². The topological polar surface area (TPSA) is 93.2 Å². The van der Waals surface area contributed by atoms with Crippen LogP contribution in [0.2, 0.25) is 0 Å². The molecule has 0 saturated heterocycles. The van der Waals surface area contributed by atoms with E-state index in [4.69, 9.17) is 9.63 Å². The molecule has 0 saturated carbocycles. The van der Waals surface area contributed by atoms with Gasteiger partial charge in [-0.1, -0.05) is 11.2 Å². The smallest absolute Gasteiger partial charge is 0.277 e. The van der Waals surface area contributed by atoms with Crippen LogP contribution in [0.1, 0.15) is 10.5 Å². The largest absolute Gasteiger partial charge is 0.394 e. The third-order valence-corrected chi connectivity index (χ3v) is 3.61. The van der Waals surface area contributed by atoms with Crippen LogP contribution >= 0.6 is 11.3 Å². The summed E-state index contributed by atoms with van der Waals surface area (Å²) in [6.45, 7) is 0.366. The highest BCUT2D eigenvalue weighted by molar-refractivity contribution is 7.13. The molecule has 2 N–H and O–H groups in total. The van der Waals surface area contributed by atoms with Crippen molar-refractivity contribution in [1.82, 2.24) is 14.9 Å². The highest BCUT2D eigenvalue weighted by atomic mass is 32.1. The van der Waals surface area contributed by atoms with Gasteiger partial charge in [0.15, 0.2) is 11.5 Å². The second kappa shape index (κ2) is 5.90. The number of anilines is 1. The first-order chi connectivity index (χ1) is 10.3. The molecule has 0 bridgehead atoms. The standard InChI is InChI=1S/C13H12N4O3S/c18-4-3-17-8-9(7-14-17)15-13(19)10-6-11(20-16-10)12-2-1-5-21-12/h1-2,5-8,18H,3-4H2,(H,15,19). The number of hydrogen-bond acceptors (Lipinski definition) is 6. The van der Waals surface area contributed by atoms with Gasteiger partial charge in [0.25, 0.3) is 5.91 Å². The summed E-state index contributed by atoms with van der Waals surface area (Å²) in [5.41, 5.74) is 0.738. The van der Waals surface area contributed by atoms with Gasteiger partial charge >= 0.3 is 0 Å². The fraction of sp³-hybridized carbons (Fsp3) is 0.154. The zero-order valence-electron chi connectivity index (χ0n) is 10.9. The van der Waals surface area contributed by atoms with Crippen molar-refractivity contribution in [3.05, 3.63) is 41.7 Å². The SMILES string of the molecule is O=C(Nc1cnn(CCO)c1)c1cc(-c2cccs2)on1. The summed E-state index contributed by atoms with van der Waals surface area (Å²) in [4.78, 5) is 13.0. The number of carbonyl (C=O) groups is 1. The molecule has 0 aromatic carbocycles. The van der Waals surface area contributed by atoms with Crippen molar-refractivity contribution in [2.24, 2.45) is 0 Å². The third-order valence-electron chi connectivity index (χ3n) is 2.73. The van der Waals surface area contributed by atoms with Crippen LogP contribution in [-0.2, 0) is 6.54 Å². The molecule has 108 valence electrons. The van der Waals surface area contributed by atoms with E-state index in [2.05, 4.69) is 15.6 Å². The number of thiophene rings is 1. The lowest BCUT2D eigenvalue weighted by atomic mass is 10.3. The second-order valence-corrected chi connectivity index (χ2v) is 5.17. The number of aromatic nitrogens is 3. The predicted molar refractivity (Wildman–Crippen MR) is 77.1 cm³/mol. The van der Waals surface area contributed by atoms with Crippen LogP contribution < -0.4 is 5.32 Å². The van der Waals surface area contributed by atoms with E-state index >= 15 is 0 Å². The van der Waals surface area contributed by atoms with E-state index in [0.29, 0.717) is 18.0 Å². The van der Waals surface area contributed by atoms with Crippen molar-refractivity contribution in [2.45, 2.75) is 6.54 Å². The van der Waals surface area contributed by atoms with Crippen LogP contribution in [0.3, 0.4) is 0 Å². The minimum atomic E-state index is -0.370. The Morgan fingerprint density at radius 3 is 3.19 bits per heavy atom. The predicted octanol–water partition coefficient (Wildman–Crippen LogP) is 1.84. The number of amides is 1. The molecule has 21 heavy (non-hydrogen) atoms. The van der Waals surface area contributed by atoms with Gasteiger partial charge in [-0.05, 0) is 11.4 Å². The Balaban J connectivity index is 1.70. The molecule has 0 spiro atoms. The summed E-state index contributed by atoms with van der Waals surface area (Å²) < 4.78 is 6.69. The van der Waals surface area contributed by atoms with Crippen molar-refractivity contribution >= 4 is 22.9 Å². The summed E-state index contributed by atoms with van der Waals surface area (Å²) in [5, 5.41) is 21.2. The Labute approximate surface area is 123 Å². The molecular formula is C13H12N4O3S. The van der Waals surface area contributed by atoms with Crippen LogP contribution in [0.15, 0.2) is 40.5 Å². The fourth-order valence-corrected chi connectivity index (χ4v) is 2.44. The summed E-state index contributed by atoms with van der Waals surface area (Å²) >= 11 is 1.51. The average molecular weight is 304 g/mol. The van der Waals surface area contributed by atoms with Crippen molar-refractivity contribution in [3.8, 4) is 10.6 Å². The van der Waals surface area contributed by atoms with Gasteiger partial charge < -0.3 is 14.9 Å². The minimum Gasteiger partial charge on any atom is -0.394 e. The van der Waals surface area contributed by atoms with Crippen molar-refractivity contribution in [1.29, 1.82) is 0 Å². The zero-order chi connectivity index (χ0) is 14.7. The first-order valence-electron chi connectivity index (χ1n) is 6.21. The van der Waals surface area contributed by atoms with E-state index < -0.39 is 0 Å². The molecule has 0 aliphatic rings. The molecular weight excluding hydrogens is 292 g/mol. The van der Waals surface area contributed by atoms with Crippen LogP contribution in [0.5, 0.6) is 0 Å². The number of aliphatic hydroxyl groups excluding tert-OH is 1. The van der Waals surface area contributed by atoms with Gasteiger partial charge in [0, 0.05) is 12.3 Å². The average Bonchev–Trinajstić information content (AvgIpc) is 3.20. The molecule has 3 heterocycles. The Morgan fingerprint density at radius 2 is 2.43 bits per heavy atom. The highest BCUT2D eigenvalue weighted by Gasteiger charge is 2.15. The molecule has 0 fully saturated rings. The van der Waals surface area contributed by atoms with Gasteiger partial charge in [0.1, 0.15) is 0 Å². The lowest BCUT2D eigenvalue weighted by molar-refractivity contribution is 0.101. The lowest BCUT2D eigenvalue weighted by Crippen LogP contribution is -2.11. The molecule has 3 aromatic heterocycles. The molecule has 0 aliphatic heterocycles. The lowest BCUT2D eigenvalue weighted by Gasteiger charge is -1.97. The summed E-state index contributed by atoms with van der Waals surface area (Å²) in [5.74, 6) is 0.191. The van der Waals surface area contributed by atoms with Crippen LogP contribution in [0.25, 0.3) is 10.6 Å². The maximum absolute atomic E-state index is 12.0. The maximum atomic E-state index is 12.0. The Hall–Kier alpha value is -2.45. The van der Waals surface area contributed by atoms with Gasteiger partial charge in [-0.2, -0.15) is 5.10 Å². The summed E-state index contributed by atoms with van der Waals surface area (Å²) in [6, 6.07) is 5.39. The van der Waals surface area contributed by atoms with E-state index in [1.54, 1.807) is 12.3 Å². The van der Waals surface area contributed by atoms with Crippen LogP contribution in [0, 0.1) is 0 Å². The first-order valence-corrected chi connectivity index (χ1v) is 7.09. The zero-order valence-corrected chi connectivity index (χ0v) is 11.7. The maximum Gasteiger partial charge on any atom is 0.277 e. The van der Waals surface area contributed by atoms with Gasteiger partial charge in [0.2, 0.25) is 0 Å². The van der Waals surface area contributed by atoms with E-state index in [1.165, 1.54) is 22.2 Å². The molecule has 0 unspecified atom stereocenters. The highest BCUT2D eigenvalue weighted by Crippen LogP contribution is 2.25. The van der Waals surface area contributed by atoms with Crippen molar-refractivity contribution < 1.29 is 14.4 Å². The number of aliphatic hydroxyl groups is 1. The molecule has 1 amide bonds. The minimum absolute atomic E-state index is 0.0114. The fourth-order valence-electron chi connectivity index (χ4n) is 1.77. The quantitative estimate of drug-likeness (QED) is 0.750. The van der Waals surface area contributed by atoms with E-state index in [-0.39, 0.29) is 18.2 Å². The van der Waals surface area contributed by atoms with Gasteiger partial charge in [0.05, 0.1) is 29.9 Å². The Bertz CT molecular complexity index is 732. The number of carbonyl (C=O) groups excluding carboxylic acids is 1. The third kappa shape index (κ3) is 3.01. The number of rotatable bonds is 5. The molecule has 8 heteroatoms. The van der Waals surface area contributed by atoms with Gasteiger partial charge in [-0.3, -0.25) is 9.48 Å². The van der Waals surface area contributed by atoms with Crippen molar-refractivity contribution in [3.63, 3.8) is 0 Å². The molecule has 7 nitrogen and oxygen atoms in total. The van der Waals surface area contributed by atoms with E-state index in [0.717, 1.165) is 4.88 Å². The van der Waals surface area contributed by atoms with Crippen LogP contribution in [0.4, 0.5) is 5.69 Å². The monoisotopic (exact) mass is 304 g/mol. The molecule has 0 atom stereocenters. The van der Waals surface area contributed by atoms with Gasteiger partial charge in [-0.25, -0.2) is 0 Å². The van der Waals surface area contributed by atoms with Crippen LogP contribution in [-0.4, -0.2) is 32.6 Å². The Kier molecular flexibility index (Phi) is 3.80. The number of nitrogens with one attached hydrogen (secondary N) is 1. The van der Waals surface area contributed by atoms with E-state index in [9.17, 15) is 4.79 Å². The number of nitrogens with zero attached hydrogens (tertiary/aromatic N) is 3. The molecule has 3 rings (SSSR count). The Morgan fingerprint density at radius 1 is 1.52 bits per heavy atom. The summed E-state index contributed by atoms with van der Waals surface area (Å²) in [7, 11) is 0.